The molecular weight excluding hydrogens is 322 g/mol. The molecule has 3 heterocycles. The van der Waals surface area contributed by atoms with E-state index in [1.165, 1.54) is 14.2 Å². The number of hydrogen-bond acceptors (Lipinski definition) is 6. The SMILES string of the molecule is COc1ccc(C(=O)N2CC[C@H](n3cnnc3C(C)C)C2)c(OC)n1. The highest BCUT2D eigenvalue weighted by atomic mass is 16.5. The highest BCUT2D eigenvalue weighted by Gasteiger charge is 2.31. The molecule has 1 aliphatic heterocycles. The Labute approximate surface area is 146 Å². The molecule has 0 spiro atoms. The van der Waals surface area contributed by atoms with Crippen LogP contribution in [0.15, 0.2) is 18.5 Å². The summed E-state index contributed by atoms with van der Waals surface area (Å²) in [5.74, 6) is 1.84. The molecule has 2 aromatic heterocycles. The van der Waals surface area contributed by atoms with Gasteiger partial charge in [-0.15, -0.1) is 10.2 Å². The van der Waals surface area contributed by atoms with Crippen LogP contribution in [0.3, 0.4) is 0 Å². The molecule has 2 aromatic rings. The molecule has 8 nitrogen and oxygen atoms in total. The Hall–Kier alpha value is -2.64. The molecule has 0 saturated carbocycles. The molecule has 0 unspecified atom stereocenters. The lowest BCUT2D eigenvalue weighted by Crippen LogP contribution is -2.29. The standard InChI is InChI=1S/C17H23N5O3/c1-11(2)15-20-18-10-22(15)12-7-8-21(9-12)17(23)13-5-6-14(24-3)19-16(13)25-4/h5-6,10-12H,7-9H2,1-4H3/t12-/m0/s1. The summed E-state index contributed by atoms with van der Waals surface area (Å²) in [6, 6.07) is 3.55. The molecule has 8 heteroatoms. The van der Waals surface area contributed by atoms with Gasteiger partial charge in [0, 0.05) is 25.1 Å². The average molecular weight is 345 g/mol. The number of rotatable bonds is 5. The zero-order valence-electron chi connectivity index (χ0n) is 15.0. The van der Waals surface area contributed by atoms with E-state index in [1.54, 1.807) is 18.5 Å². The quantitative estimate of drug-likeness (QED) is 0.823. The zero-order chi connectivity index (χ0) is 18.0. The number of amides is 1. The van der Waals surface area contributed by atoms with Crippen LogP contribution < -0.4 is 9.47 Å². The molecule has 0 aliphatic carbocycles. The lowest BCUT2D eigenvalue weighted by atomic mass is 10.2. The number of nitrogens with zero attached hydrogens (tertiary/aromatic N) is 5. The molecular formula is C17H23N5O3. The molecule has 1 atom stereocenters. The molecule has 1 saturated heterocycles. The Morgan fingerprint density at radius 3 is 2.76 bits per heavy atom. The van der Waals surface area contributed by atoms with Crippen LogP contribution in [0.4, 0.5) is 0 Å². The van der Waals surface area contributed by atoms with Crippen molar-refractivity contribution in [3.63, 3.8) is 0 Å². The Balaban J connectivity index is 1.78. The summed E-state index contributed by atoms with van der Waals surface area (Å²) in [5, 5.41) is 8.23. The van der Waals surface area contributed by atoms with Crippen molar-refractivity contribution >= 4 is 5.91 Å². The monoisotopic (exact) mass is 345 g/mol. The van der Waals surface area contributed by atoms with Crippen LogP contribution in [-0.4, -0.2) is 57.9 Å². The molecule has 1 aliphatic rings. The Bertz CT molecular complexity index is 758. The highest BCUT2D eigenvalue weighted by Crippen LogP contribution is 2.28. The first kappa shape index (κ1) is 17.2. The van der Waals surface area contributed by atoms with Crippen molar-refractivity contribution in [1.29, 1.82) is 0 Å². The number of ether oxygens (including phenoxy) is 2. The van der Waals surface area contributed by atoms with Crippen LogP contribution in [0.1, 0.15) is 48.4 Å². The predicted molar refractivity (Wildman–Crippen MR) is 91.0 cm³/mol. The first-order chi connectivity index (χ1) is 12.0. The summed E-state index contributed by atoms with van der Waals surface area (Å²) in [6.45, 7) is 5.47. The summed E-state index contributed by atoms with van der Waals surface area (Å²) in [4.78, 5) is 18.9. The van der Waals surface area contributed by atoms with E-state index >= 15 is 0 Å². The Morgan fingerprint density at radius 1 is 1.28 bits per heavy atom. The second-order valence-electron chi connectivity index (χ2n) is 6.36. The maximum absolute atomic E-state index is 12.9. The van der Waals surface area contributed by atoms with Crippen molar-refractivity contribution in [2.24, 2.45) is 0 Å². The van der Waals surface area contributed by atoms with Crippen LogP contribution in [0, 0.1) is 0 Å². The molecule has 1 amide bonds. The summed E-state index contributed by atoms with van der Waals surface area (Å²) in [6.07, 6.45) is 2.62. The summed E-state index contributed by atoms with van der Waals surface area (Å²) < 4.78 is 12.4. The highest BCUT2D eigenvalue weighted by molar-refractivity contribution is 5.96. The van der Waals surface area contributed by atoms with E-state index < -0.39 is 0 Å². The van der Waals surface area contributed by atoms with Gasteiger partial charge in [-0.2, -0.15) is 4.98 Å². The second-order valence-corrected chi connectivity index (χ2v) is 6.36. The van der Waals surface area contributed by atoms with Gasteiger partial charge in [0.05, 0.1) is 20.3 Å². The number of pyridine rings is 1. The van der Waals surface area contributed by atoms with Crippen LogP contribution in [-0.2, 0) is 0 Å². The van der Waals surface area contributed by atoms with Crippen molar-refractivity contribution in [2.75, 3.05) is 27.3 Å². The van der Waals surface area contributed by atoms with Crippen LogP contribution in [0.2, 0.25) is 0 Å². The number of carbonyl (C=O) groups is 1. The summed E-state index contributed by atoms with van der Waals surface area (Å²) >= 11 is 0. The normalized spacial score (nSPS) is 17.2. The van der Waals surface area contributed by atoms with Gasteiger partial charge in [0.2, 0.25) is 11.8 Å². The first-order valence-electron chi connectivity index (χ1n) is 8.32. The Morgan fingerprint density at radius 2 is 2.08 bits per heavy atom. The van der Waals surface area contributed by atoms with E-state index in [-0.39, 0.29) is 23.7 Å². The third-order valence-corrected chi connectivity index (χ3v) is 4.43. The molecule has 0 aromatic carbocycles. The third-order valence-electron chi connectivity index (χ3n) is 4.43. The summed E-state index contributed by atoms with van der Waals surface area (Å²) in [5.41, 5.74) is 0.441. The average Bonchev–Trinajstić information content (AvgIpc) is 3.29. The van der Waals surface area contributed by atoms with E-state index in [0.717, 1.165) is 12.2 Å². The van der Waals surface area contributed by atoms with Gasteiger partial charge < -0.3 is 18.9 Å². The van der Waals surface area contributed by atoms with Crippen molar-refractivity contribution in [3.8, 4) is 11.8 Å². The molecule has 25 heavy (non-hydrogen) atoms. The van der Waals surface area contributed by atoms with Crippen molar-refractivity contribution in [1.82, 2.24) is 24.6 Å². The van der Waals surface area contributed by atoms with Crippen LogP contribution in [0.25, 0.3) is 0 Å². The van der Waals surface area contributed by atoms with E-state index in [1.807, 2.05) is 4.90 Å². The van der Waals surface area contributed by atoms with E-state index in [0.29, 0.717) is 24.5 Å². The summed E-state index contributed by atoms with van der Waals surface area (Å²) in [7, 11) is 3.03. The topological polar surface area (TPSA) is 82.4 Å². The van der Waals surface area contributed by atoms with Gasteiger partial charge in [-0.3, -0.25) is 4.79 Å². The second kappa shape index (κ2) is 7.08. The number of hydrogen-bond donors (Lipinski definition) is 0. The fraction of sp³-hybridized carbons (Fsp3) is 0.529. The molecule has 3 rings (SSSR count). The molecule has 0 radical (unpaired) electrons. The minimum Gasteiger partial charge on any atom is -0.481 e. The number of likely N-dealkylation sites (tertiary alicyclic amines) is 1. The molecule has 134 valence electrons. The van der Waals surface area contributed by atoms with Gasteiger partial charge in [0.1, 0.15) is 17.7 Å². The lowest BCUT2D eigenvalue weighted by Gasteiger charge is -2.19. The fourth-order valence-electron chi connectivity index (χ4n) is 3.13. The van der Waals surface area contributed by atoms with Gasteiger partial charge in [0.15, 0.2) is 0 Å². The van der Waals surface area contributed by atoms with Crippen LogP contribution >= 0.6 is 0 Å². The minimum absolute atomic E-state index is 0.0892. The van der Waals surface area contributed by atoms with Crippen molar-refractivity contribution < 1.29 is 14.3 Å². The maximum Gasteiger partial charge on any atom is 0.259 e. The predicted octanol–water partition coefficient (Wildman–Crippen LogP) is 1.90. The fourth-order valence-corrected chi connectivity index (χ4v) is 3.13. The molecule has 0 bridgehead atoms. The lowest BCUT2D eigenvalue weighted by molar-refractivity contribution is 0.0783. The Kier molecular flexibility index (Phi) is 4.87. The smallest absolute Gasteiger partial charge is 0.259 e. The van der Waals surface area contributed by atoms with E-state index in [9.17, 15) is 4.79 Å². The molecule has 1 fully saturated rings. The number of carbonyl (C=O) groups excluding carboxylic acids is 1. The van der Waals surface area contributed by atoms with E-state index in [2.05, 4.69) is 33.6 Å². The third kappa shape index (κ3) is 3.29. The zero-order valence-corrected chi connectivity index (χ0v) is 15.0. The van der Waals surface area contributed by atoms with Crippen LogP contribution in [0.5, 0.6) is 11.8 Å². The number of methoxy groups -OCH3 is 2. The van der Waals surface area contributed by atoms with Gasteiger partial charge in [-0.1, -0.05) is 13.8 Å². The largest absolute Gasteiger partial charge is 0.481 e. The van der Waals surface area contributed by atoms with Gasteiger partial charge in [-0.05, 0) is 12.5 Å². The molecule has 0 N–H and O–H groups in total. The minimum atomic E-state index is -0.0892. The van der Waals surface area contributed by atoms with Gasteiger partial charge in [0.25, 0.3) is 5.91 Å². The van der Waals surface area contributed by atoms with Gasteiger partial charge in [-0.25, -0.2) is 0 Å². The van der Waals surface area contributed by atoms with Crippen molar-refractivity contribution in [2.45, 2.75) is 32.2 Å². The van der Waals surface area contributed by atoms with Gasteiger partial charge >= 0.3 is 0 Å². The maximum atomic E-state index is 12.9. The van der Waals surface area contributed by atoms with E-state index in [4.69, 9.17) is 9.47 Å². The number of aromatic nitrogens is 4. The van der Waals surface area contributed by atoms with Crippen molar-refractivity contribution in [3.05, 3.63) is 29.8 Å². The first-order valence-corrected chi connectivity index (χ1v) is 8.32.